The highest BCUT2D eigenvalue weighted by atomic mass is 35.5. The van der Waals surface area contributed by atoms with Crippen molar-refractivity contribution in [2.45, 2.75) is 0 Å². The Morgan fingerprint density at radius 2 is 1.83 bits per heavy atom. The zero-order chi connectivity index (χ0) is 16.5. The second kappa shape index (κ2) is 6.30. The number of anilines is 2. The Balaban J connectivity index is 1.61. The number of rotatable bonds is 2. The Morgan fingerprint density at radius 3 is 2.58 bits per heavy atom. The number of morpholine rings is 1. The lowest BCUT2D eigenvalue weighted by Gasteiger charge is -2.28. The molecular formula is C19H17ClN2O2. The van der Waals surface area contributed by atoms with Gasteiger partial charge in [-0.3, -0.25) is 4.79 Å². The van der Waals surface area contributed by atoms with E-state index in [4.69, 9.17) is 16.3 Å². The van der Waals surface area contributed by atoms with Crippen LogP contribution in [0.3, 0.4) is 0 Å². The zero-order valence-electron chi connectivity index (χ0n) is 13.1. The van der Waals surface area contributed by atoms with E-state index < -0.39 is 0 Å². The molecule has 2 aliphatic rings. The van der Waals surface area contributed by atoms with Crippen molar-refractivity contribution in [2.24, 2.45) is 0 Å². The first kappa shape index (κ1) is 15.2. The summed E-state index contributed by atoms with van der Waals surface area (Å²) < 4.78 is 5.38. The average molecular weight is 341 g/mol. The van der Waals surface area contributed by atoms with E-state index in [0.29, 0.717) is 10.6 Å². The highest BCUT2D eigenvalue weighted by Crippen LogP contribution is 2.35. The Bertz CT molecular complexity index is 809. The van der Waals surface area contributed by atoms with Gasteiger partial charge in [0.2, 0.25) is 0 Å². The Kier molecular flexibility index (Phi) is 4.00. The van der Waals surface area contributed by atoms with Gasteiger partial charge in [0, 0.05) is 34.9 Å². The molecule has 5 heteroatoms. The fraction of sp³-hybridized carbons (Fsp3) is 0.211. The van der Waals surface area contributed by atoms with Gasteiger partial charge in [0.15, 0.2) is 0 Å². The van der Waals surface area contributed by atoms with Crippen LogP contribution in [0.15, 0.2) is 42.5 Å². The summed E-state index contributed by atoms with van der Waals surface area (Å²) in [7, 11) is 0. The van der Waals surface area contributed by atoms with Gasteiger partial charge in [-0.2, -0.15) is 0 Å². The molecule has 0 aliphatic carbocycles. The van der Waals surface area contributed by atoms with Crippen molar-refractivity contribution >= 4 is 40.5 Å². The minimum Gasteiger partial charge on any atom is -0.378 e. The number of nitrogens with one attached hydrogen (secondary N) is 1. The van der Waals surface area contributed by atoms with Crippen LogP contribution in [0.2, 0.25) is 5.02 Å². The number of benzene rings is 2. The monoisotopic (exact) mass is 340 g/mol. The first-order valence-corrected chi connectivity index (χ1v) is 8.34. The lowest BCUT2D eigenvalue weighted by atomic mass is 10.0. The summed E-state index contributed by atoms with van der Waals surface area (Å²) in [6, 6.07) is 13.7. The largest absolute Gasteiger partial charge is 0.378 e. The quantitative estimate of drug-likeness (QED) is 0.848. The van der Waals surface area contributed by atoms with Crippen LogP contribution in [0.4, 0.5) is 11.4 Å². The zero-order valence-corrected chi connectivity index (χ0v) is 13.8. The maximum Gasteiger partial charge on any atom is 0.256 e. The fourth-order valence-corrected chi connectivity index (χ4v) is 3.25. The molecule has 122 valence electrons. The highest BCUT2D eigenvalue weighted by molar-refractivity contribution is 6.36. The molecule has 0 bridgehead atoms. The van der Waals surface area contributed by atoms with Crippen LogP contribution in [0.5, 0.6) is 0 Å². The smallest absolute Gasteiger partial charge is 0.256 e. The van der Waals surface area contributed by atoms with E-state index in [9.17, 15) is 4.79 Å². The SMILES string of the molecule is O=C1Nc2cc(Cl)ccc2C1=Cc1ccc(N2CCOCC2)cc1. The van der Waals surface area contributed by atoms with E-state index >= 15 is 0 Å². The molecule has 1 amide bonds. The molecule has 4 nitrogen and oxygen atoms in total. The van der Waals surface area contributed by atoms with Crippen molar-refractivity contribution < 1.29 is 9.53 Å². The molecule has 0 atom stereocenters. The molecule has 24 heavy (non-hydrogen) atoms. The number of carbonyl (C=O) groups excluding carboxylic acids is 1. The van der Waals surface area contributed by atoms with Gasteiger partial charge in [-0.15, -0.1) is 0 Å². The first-order chi connectivity index (χ1) is 11.7. The van der Waals surface area contributed by atoms with E-state index in [0.717, 1.165) is 43.1 Å². The molecule has 4 rings (SSSR count). The summed E-state index contributed by atoms with van der Waals surface area (Å²) in [6.07, 6.45) is 1.91. The van der Waals surface area contributed by atoms with E-state index in [2.05, 4.69) is 22.3 Å². The summed E-state index contributed by atoms with van der Waals surface area (Å²) in [6.45, 7) is 3.37. The van der Waals surface area contributed by atoms with Gasteiger partial charge < -0.3 is 15.0 Å². The van der Waals surface area contributed by atoms with E-state index in [-0.39, 0.29) is 5.91 Å². The van der Waals surface area contributed by atoms with Gasteiger partial charge in [0.05, 0.1) is 18.9 Å². The van der Waals surface area contributed by atoms with Crippen LogP contribution < -0.4 is 10.2 Å². The lowest BCUT2D eigenvalue weighted by Crippen LogP contribution is -2.36. The maximum absolute atomic E-state index is 12.2. The molecule has 2 aromatic carbocycles. The summed E-state index contributed by atoms with van der Waals surface area (Å²) in [5.74, 6) is -0.0930. The molecule has 1 fully saturated rings. The molecular weight excluding hydrogens is 324 g/mol. The molecule has 2 aromatic rings. The van der Waals surface area contributed by atoms with Crippen molar-refractivity contribution in [3.8, 4) is 0 Å². The second-order valence-corrected chi connectivity index (χ2v) is 6.33. The molecule has 0 radical (unpaired) electrons. The van der Waals surface area contributed by atoms with Crippen molar-refractivity contribution in [3.05, 3.63) is 58.6 Å². The number of amides is 1. The predicted molar refractivity (Wildman–Crippen MR) is 97.4 cm³/mol. The average Bonchev–Trinajstić information content (AvgIpc) is 2.91. The van der Waals surface area contributed by atoms with Crippen LogP contribution in [0.1, 0.15) is 11.1 Å². The van der Waals surface area contributed by atoms with Gasteiger partial charge in [-0.05, 0) is 35.9 Å². The Labute approximate surface area is 145 Å². The maximum atomic E-state index is 12.2. The topological polar surface area (TPSA) is 41.6 Å². The number of hydrogen-bond acceptors (Lipinski definition) is 3. The Morgan fingerprint density at radius 1 is 1.08 bits per heavy atom. The predicted octanol–water partition coefficient (Wildman–Crippen LogP) is 3.67. The van der Waals surface area contributed by atoms with Crippen molar-refractivity contribution in [2.75, 3.05) is 36.5 Å². The number of hydrogen-bond donors (Lipinski definition) is 1. The first-order valence-electron chi connectivity index (χ1n) is 7.96. The van der Waals surface area contributed by atoms with Crippen LogP contribution in [0.25, 0.3) is 11.6 Å². The van der Waals surface area contributed by atoms with Gasteiger partial charge in [0.1, 0.15) is 0 Å². The van der Waals surface area contributed by atoms with E-state index in [1.165, 1.54) is 5.69 Å². The Hall–Kier alpha value is -2.30. The van der Waals surface area contributed by atoms with Crippen LogP contribution in [0, 0.1) is 0 Å². The van der Waals surface area contributed by atoms with Crippen molar-refractivity contribution in [1.29, 1.82) is 0 Å². The van der Waals surface area contributed by atoms with Crippen LogP contribution in [-0.4, -0.2) is 32.2 Å². The van der Waals surface area contributed by atoms with Crippen molar-refractivity contribution in [3.63, 3.8) is 0 Å². The summed E-state index contributed by atoms with van der Waals surface area (Å²) in [5.41, 5.74) is 4.51. The number of halogens is 1. The third-order valence-electron chi connectivity index (χ3n) is 4.34. The number of carbonyl (C=O) groups is 1. The molecule has 2 aliphatic heterocycles. The molecule has 0 aromatic heterocycles. The summed E-state index contributed by atoms with van der Waals surface area (Å²) in [5, 5.41) is 3.47. The van der Waals surface area contributed by atoms with Gasteiger partial charge in [0.25, 0.3) is 5.91 Å². The summed E-state index contributed by atoms with van der Waals surface area (Å²) in [4.78, 5) is 14.5. The van der Waals surface area contributed by atoms with Gasteiger partial charge >= 0.3 is 0 Å². The number of ether oxygens (including phenoxy) is 1. The molecule has 0 spiro atoms. The van der Waals surface area contributed by atoms with Crippen molar-refractivity contribution in [1.82, 2.24) is 0 Å². The van der Waals surface area contributed by atoms with Gasteiger partial charge in [-0.25, -0.2) is 0 Å². The fourth-order valence-electron chi connectivity index (χ4n) is 3.08. The molecule has 2 heterocycles. The summed E-state index contributed by atoms with van der Waals surface area (Å²) >= 11 is 5.99. The normalized spacial score (nSPS) is 18.6. The standard InChI is InChI=1S/C19H17ClN2O2/c20-14-3-6-16-17(19(23)21-18(16)12-14)11-13-1-4-15(5-2-13)22-7-9-24-10-8-22/h1-6,11-12H,7-10H2,(H,21,23). The molecule has 1 saturated heterocycles. The van der Waals surface area contributed by atoms with E-state index in [1.807, 2.05) is 24.3 Å². The highest BCUT2D eigenvalue weighted by Gasteiger charge is 2.24. The van der Waals surface area contributed by atoms with Crippen LogP contribution in [-0.2, 0) is 9.53 Å². The minimum atomic E-state index is -0.0930. The lowest BCUT2D eigenvalue weighted by molar-refractivity contribution is -0.110. The van der Waals surface area contributed by atoms with E-state index in [1.54, 1.807) is 12.1 Å². The third kappa shape index (κ3) is 2.90. The molecule has 1 N–H and O–H groups in total. The second-order valence-electron chi connectivity index (χ2n) is 5.89. The third-order valence-corrected chi connectivity index (χ3v) is 4.58. The molecule has 0 saturated carbocycles. The number of fused-ring (bicyclic) bond motifs is 1. The van der Waals surface area contributed by atoms with Gasteiger partial charge in [-0.1, -0.05) is 29.8 Å². The minimum absolute atomic E-state index is 0.0930. The molecule has 0 unspecified atom stereocenters. The number of nitrogens with zero attached hydrogens (tertiary/aromatic N) is 1. The van der Waals surface area contributed by atoms with Crippen LogP contribution >= 0.6 is 11.6 Å².